The lowest BCUT2D eigenvalue weighted by atomic mass is 9.73. The van der Waals surface area contributed by atoms with Gasteiger partial charge in [-0.15, -0.1) is 0 Å². The first kappa shape index (κ1) is 56.1. The van der Waals surface area contributed by atoms with Crippen LogP contribution in [0.5, 0.6) is 0 Å². The fourth-order valence-electron chi connectivity index (χ4n) is 15.0. The van der Waals surface area contributed by atoms with Crippen molar-refractivity contribution in [1.82, 2.24) is 4.57 Å². The minimum absolute atomic E-state index is 0.0628. The van der Waals surface area contributed by atoms with E-state index in [2.05, 4.69) is 331 Å². The molecule has 4 heteroatoms. The number of furan rings is 1. The smallest absolute Gasteiger partial charge is 0.159 e. The number of hydrogen-bond donors (Lipinski definition) is 0. The summed E-state index contributed by atoms with van der Waals surface area (Å²) in [4.78, 5) is 4.91. The highest BCUT2D eigenvalue weighted by molar-refractivity contribution is 6.16. The van der Waals surface area contributed by atoms with Crippen LogP contribution < -0.4 is 9.80 Å². The van der Waals surface area contributed by atoms with Crippen molar-refractivity contribution < 1.29 is 11.3 Å². The topological polar surface area (TPSA) is 24.6 Å². The van der Waals surface area contributed by atoms with Crippen molar-refractivity contribution in [3.63, 3.8) is 0 Å². The zero-order chi connectivity index (χ0) is 71.8. The Morgan fingerprint density at radius 3 is 1.25 bits per heavy atom. The van der Waals surface area contributed by atoms with Crippen LogP contribution in [-0.2, 0) is 27.1 Å². The molecular weight excluding hydrogens is 1180 g/mol. The maximum atomic E-state index is 9.44. The fraction of sp³-hybridized carbons (Fsp3) is 0.226. The van der Waals surface area contributed by atoms with Gasteiger partial charge in [-0.2, -0.15) is 0 Å². The first-order valence-electron chi connectivity index (χ1n) is 36.9. The van der Waals surface area contributed by atoms with Crippen LogP contribution in [0.2, 0.25) is 0 Å². The second-order valence-electron chi connectivity index (χ2n) is 32.3. The molecule has 0 saturated heterocycles. The Labute approximate surface area is 580 Å². The van der Waals surface area contributed by atoms with Gasteiger partial charge in [0, 0.05) is 38.7 Å². The van der Waals surface area contributed by atoms with E-state index in [4.69, 9.17) is 8.53 Å². The number of anilines is 6. The van der Waals surface area contributed by atoms with Crippen LogP contribution in [0, 0.1) is 0 Å². The van der Waals surface area contributed by atoms with Crippen LogP contribution >= 0.6 is 0 Å². The number of aromatic nitrogens is 1. The molecule has 0 spiro atoms. The summed E-state index contributed by atoms with van der Waals surface area (Å²) in [5.41, 5.74) is 26.1. The minimum Gasteiger partial charge on any atom is -0.452 e. The standard InChI is InChI=1S/C93H87N3O/c1-89(2,3)65-39-43-77-75(53-65)76-54-66(90(4,5)6)40-44-78(76)95(77)79-35-25-33-71-72-34-26-36-80(88(72)97-87(71)79)96-82-51-61(64-46-67(91(7,8)9)52-68(47-64)92(10,11)12)38-42-74(82)85-73-41-37-60(57-27-19-16-20-28-57)50-81(73)94(83-55-69(93(13,14)15)56-84(96)86(83)85)70-48-62(58-29-21-17-22-30-58)45-63(49-70)59-31-23-18-24-32-59/h16-56,85H,1-15H3/i16D,19D,20D,27D,28D. The van der Waals surface area contributed by atoms with E-state index in [-0.39, 0.29) is 57.3 Å². The van der Waals surface area contributed by atoms with Crippen molar-refractivity contribution in [2.24, 2.45) is 0 Å². The van der Waals surface area contributed by atoms with Gasteiger partial charge in [-0.05, 0) is 189 Å². The Hall–Kier alpha value is -10.2. The van der Waals surface area contributed by atoms with E-state index in [1.54, 1.807) is 0 Å². The number of benzene rings is 12. The summed E-state index contributed by atoms with van der Waals surface area (Å²) in [6, 6.07) is 78.9. The molecule has 0 amide bonds. The SMILES string of the molecule is [2H]c1c([2H])c([2H])c(-c2ccc3c(c2)N(c2cc(-c4ccccc4)cc(-c4ccccc4)c2)c2cc(C(C)(C)C)cc4c2C3c2ccc(-c3cc(C(C)(C)C)cc(C(C)(C)C)c3)cc2N4c2cccc3c2oc2c(-n4c5ccc(C(C)(C)C)cc5c5cc(C(C)(C)C)ccc54)cccc23)c([2H])c1[2H]. The molecule has 0 radical (unpaired) electrons. The molecule has 1 unspecified atom stereocenters. The second-order valence-corrected chi connectivity index (χ2v) is 32.3. The van der Waals surface area contributed by atoms with E-state index < -0.39 is 11.5 Å². The van der Waals surface area contributed by atoms with Gasteiger partial charge in [-0.25, -0.2) is 0 Å². The molecule has 97 heavy (non-hydrogen) atoms. The normalized spacial score (nSPS) is 14.9. The largest absolute Gasteiger partial charge is 0.452 e. The molecule has 480 valence electrons. The summed E-state index contributed by atoms with van der Waals surface area (Å²) in [7, 11) is 0. The van der Waals surface area contributed by atoms with Gasteiger partial charge in [0.15, 0.2) is 11.2 Å². The molecule has 2 aromatic heterocycles. The molecule has 0 saturated carbocycles. The Morgan fingerprint density at radius 1 is 0.299 bits per heavy atom. The summed E-state index contributed by atoms with van der Waals surface area (Å²) >= 11 is 0. The predicted molar refractivity (Wildman–Crippen MR) is 414 cm³/mol. The summed E-state index contributed by atoms with van der Waals surface area (Å²) in [5, 5.41) is 4.44. The van der Waals surface area contributed by atoms with Crippen molar-refractivity contribution in [3.05, 3.63) is 293 Å². The molecule has 0 aliphatic carbocycles. The monoisotopic (exact) mass is 1270 g/mol. The van der Waals surface area contributed by atoms with Gasteiger partial charge in [0.2, 0.25) is 0 Å². The number of rotatable bonds is 7. The second kappa shape index (κ2) is 22.2. The van der Waals surface area contributed by atoms with Crippen LogP contribution in [0.15, 0.2) is 253 Å². The van der Waals surface area contributed by atoms with E-state index >= 15 is 0 Å². The molecule has 0 bridgehead atoms. The van der Waals surface area contributed by atoms with Gasteiger partial charge in [-0.1, -0.05) is 274 Å². The molecule has 14 aromatic rings. The average molecular weight is 1270 g/mol. The Balaban J connectivity index is 1.02. The van der Waals surface area contributed by atoms with E-state index in [1.165, 1.54) is 33.0 Å². The summed E-state index contributed by atoms with van der Waals surface area (Å²) in [5.74, 6) is -0.365. The van der Waals surface area contributed by atoms with Crippen LogP contribution in [0.4, 0.5) is 34.1 Å². The zero-order valence-electron chi connectivity index (χ0n) is 63.6. The molecule has 2 aliphatic heterocycles. The number of hydrogen-bond acceptors (Lipinski definition) is 3. The molecule has 16 rings (SSSR count). The van der Waals surface area contributed by atoms with Gasteiger partial charge in [0.25, 0.3) is 0 Å². The van der Waals surface area contributed by atoms with Crippen LogP contribution in [0.3, 0.4) is 0 Å². The van der Waals surface area contributed by atoms with Gasteiger partial charge < -0.3 is 18.8 Å². The highest BCUT2D eigenvalue weighted by Gasteiger charge is 2.43. The van der Waals surface area contributed by atoms with Gasteiger partial charge >= 0.3 is 0 Å². The van der Waals surface area contributed by atoms with Crippen molar-refractivity contribution in [2.45, 2.75) is 137 Å². The predicted octanol–water partition coefficient (Wildman–Crippen LogP) is 26.6. The minimum atomic E-state index is -0.426. The average Bonchev–Trinajstić information content (AvgIpc) is 0.837. The first-order valence-corrected chi connectivity index (χ1v) is 34.4. The molecule has 4 heterocycles. The Kier molecular flexibility index (Phi) is 12.8. The first-order chi connectivity index (χ1) is 48.3. The molecule has 1 atom stereocenters. The molecule has 0 N–H and O–H groups in total. The van der Waals surface area contributed by atoms with Gasteiger partial charge in [-0.3, -0.25) is 0 Å². The lowest BCUT2D eigenvalue weighted by Gasteiger charge is -2.46. The number of para-hydroxylation sites is 2. The van der Waals surface area contributed by atoms with Crippen molar-refractivity contribution in [1.29, 1.82) is 0 Å². The summed E-state index contributed by atoms with van der Waals surface area (Å²) in [6.07, 6.45) is 0. The molecule has 12 aromatic carbocycles. The van der Waals surface area contributed by atoms with E-state index in [9.17, 15) is 2.74 Å². The molecule has 2 aliphatic rings. The van der Waals surface area contributed by atoms with Crippen molar-refractivity contribution >= 4 is 77.9 Å². The lowest BCUT2D eigenvalue weighted by molar-refractivity contribution is 0.569. The maximum Gasteiger partial charge on any atom is 0.159 e. The van der Waals surface area contributed by atoms with Crippen LogP contribution in [0.1, 0.15) is 161 Å². The Morgan fingerprint density at radius 2 is 0.742 bits per heavy atom. The number of nitrogens with zero attached hydrogens (tertiary/aromatic N) is 3. The molecule has 4 nitrogen and oxygen atoms in total. The van der Waals surface area contributed by atoms with Crippen LogP contribution in [0.25, 0.3) is 93.9 Å². The highest BCUT2D eigenvalue weighted by atomic mass is 16.3. The van der Waals surface area contributed by atoms with Crippen molar-refractivity contribution in [3.8, 4) is 50.2 Å². The molecule has 0 fully saturated rings. The van der Waals surface area contributed by atoms with E-state index in [0.29, 0.717) is 5.56 Å². The highest BCUT2D eigenvalue weighted by Crippen LogP contribution is 2.63. The van der Waals surface area contributed by atoms with Gasteiger partial charge in [0.05, 0.1) is 52.0 Å². The number of fused-ring (bicyclic) bond motifs is 10. The Bertz CT molecular complexity index is 5610. The van der Waals surface area contributed by atoms with E-state index in [0.717, 1.165) is 128 Å². The third kappa shape index (κ3) is 10.5. The van der Waals surface area contributed by atoms with Crippen molar-refractivity contribution in [2.75, 3.05) is 9.80 Å². The lowest BCUT2D eigenvalue weighted by Crippen LogP contribution is -2.30. The zero-order valence-corrected chi connectivity index (χ0v) is 58.6. The maximum absolute atomic E-state index is 9.44. The van der Waals surface area contributed by atoms with Gasteiger partial charge in [0.1, 0.15) is 0 Å². The fourth-order valence-corrected chi connectivity index (χ4v) is 15.0. The third-order valence-electron chi connectivity index (χ3n) is 20.6. The quantitative estimate of drug-likeness (QED) is 0.159. The van der Waals surface area contributed by atoms with E-state index in [1.807, 2.05) is 6.07 Å². The third-order valence-corrected chi connectivity index (χ3v) is 20.6. The molecular formula is C93H87N3O. The summed E-state index contributed by atoms with van der Waals surface area (Å²) in [6.45, 7) is 34.4. The summed E-state index contributed by atoms with van der Waals surface area (Å²) < 4.78 is 55.7. The van der Waals surface area contributed by atoms with Crippen LogP contribution in [-0.4, -0.2) is 4.57 Å².